The number of aryl methyl sites for hydroxylation is 2. The van der Waals surface area contributed by atoms with Gasteiger partial charge in [-0.1, -0.05) is 116 Å². The fourth-order valence-corrected chi connectivity index (χ4v) is 11.4. The Kier molecular flexibility index (Phi) is 9.07. The third kappa shape index (κ3) is 6.21. The Hall–Kier alpha value is -6.98. The molecule has 2 nitrogen and oxygen atoms in total. The molecule has 0 fully saturated rings. The van der Waals surface area contributed by atoms with Crippen LogP contribution in [0.1, 0.15) is 28.5 Å². The van der Waals surface area contributed by atoms with Crippen LogP contribution in [-0.2, 0) is 0 Å². The summed E-state index contributed by atoms with van der Waals surface area (Å²) in [5, 5.41) is 10.9. The van der Waals surface area contributed by atoms with Crippen LogP contribution >= 0.6 is 22.7 Å². The van der Waals surface area contributed by atoms with Gasteiger partial charge in [0.25, 0.3) is 0 Å². The fourth-order valence-electron chi connectivity index (χ4n) is 9.26. The average molecular weight is 819 g/mol. The molecule has 0 aliphatic rings. The Bertz CT molecular complexity index is 3570. The van der Waals surface area contributed by atoms with E-state index < -0.39 is 0 Å². The van der Waals surface area contributed by atoms with E-state index in [9.17, 15) is 0 Å². The van der Waals surface area contributed by atoms with Crippen LogP contribution in [0, 0.1) is 13.8 Å². The minimum Gasteiger partial charge on any atom is -0.309 e. The zero-order valence-electron chi connectivity index (χ0n) is 34.3. The summed E-state index contributed by atoms with van der Waals surface area (Å²) in [6.07, 6.45) is 6.34. The molecule has 61 heavy (non-hydrogen) atoms. The Morgan fingerprint density at radius 1 is 0.426 bits per heavy atom. The summed E-state index contributed by atoms with van der Waals surface area (Å²) >= 11 is 3.65. The van der Waals surface area contributed by atoms with E-state index in [2.05, 4.69) is 219 Å². The number of fused-ring (bicyclic) bond motifs is 7. The van der Waals surface area contributed by atoms with E-state index in [1.54, 1.807) is 11.3 Å². The van der Waals surface area contributed by atoms with E-state index >= 15 is 0 Å². The maximum Gasteiger partial charge on any atom is 0.0619 e. The summed E-state index contributed by atoms with van der Waals surface area (Å²) in [7, 11) is 0. The Morgan fingerprint density at radius 3 is 1.48 bits per heavy atom. The van der Waals surface area contributed by atoms with Gasteiger partial charge in [0, 0.05) is 85.0 Å². The van der Waals surface area contributed by atoms with Crippen molar-refractivity contribution in [2.24, 2.45) is 0 Å². The summed E-state index contributed by atoms with van der Waals surface area (Å²) in [4.78, 5) is 6.20. The predicted octanol–water partition coefficient (Wildman–Crippen LogP) is 18.0. The number of thiophene rings is 2. The van der Waals surface area contributed by atoms with E-state index in [1.807, 2.05) is 17.4 Å². The first-order valence-electron chi connectivity index (χ1n) is 20.8. The summed E-state index contributed by atoms with van der Waals surface area (Å²) < 4.78 is 3.84. The fraction of sp³-hybridized carbons (Fsp3) is 0.0526. The van der Waals surface area contributed by atoms with Gasteiger partial charge in [-0.15, -0.1) is 22.7 Å². The molecule has 0 aliphatic carbocycles. The van der Waals surface area contributed by atoms with Gasteiger partial charge in [-0.05, 0) is 122 Å². The minimum absolute atomic E-state index is 1.11. The van der Waals surface area contributed by atoms with Crippen LogP contribution in [0.3, 0.4) is 0 Å². The highest BCUT2D eigenvalue weighted by atomic mass is 32.1. The van der Waals surface area contributed by atoms with Gasteiger partial charge in [0.2, 0.25) is 0 Å². The number of allylic oxidation sites excluding steroid dienone is 1. The average Bonchev–Trinajstić information content (AvgIpc) is 3.84. The van der Waals surface area contributed by atoms with Gasteiger partial charge in [0.1, 0.15) is 0 Å². The maximum absolute atomic E-state index is 4.18. The van der Waals surface area contributed by atoms with Gasteiger partial charge < -0.3 is 9.80 Å². The first-order valence-corrected chi connectivity index (χ1v) is 22.4. The molecule has 4 heteroatoms. The molecule has 0 saturated heterocycles. The van der Waals surface area contributed by atoms with Crippen molar-refractivity contribution in [2.45, 2.75) is 20.8 Å². The number of benzene rings is 9. The van der Waals surface area contributed by atoms with Crippen molar-refractivity contribution in [3.63, 3.8) is 0 Å². The second-order valence-electron chi connectivity index (χ2n) is 15.9. The lowest BCUT2D eigenvalue weighted by atomic mass is 9.93. The van der Waals surface area contributed by atoms with E-state index in [1.165, 1.54) is 84.1 Å². The number of hydrogen-bond acceptors (Lipinski definition) is 4. The van der Waals surface area contributed by atoms with Gasteiger partial charge in [0.15, 0.2) is 0 Å². The number of rotatable bonds is 8. The van der Waals surface area contributed by atoms with Crippen LogP contribution in [-0.4, -0.2) is 0 Å². The van der Waals surface area contributed by atoms with E-state index in [0.717, 1.165) is 34.1 Å². The number of anilines is 6. The first-order chi connectivity index (χ1) is 30.0. The van der Waals surface area contributed by atoms with Gasteiger partial charge in [-0.2, -0.15) is 0 Å². The summed E-state index contributed by atoms with van der Waals surface area (Å²) in [5.74, 6) is 0. The zero-order chi connectivity index (χ0) is 41.2. The van der Waals surface area contributed by atoms with Crippen LogP contribution in [0.4, 0.5) is 34.1 Å². The molecule has 0 aliphatic heterocycles. The molecule has 0 radical (unpaired) electrons. The molecular formula is C57H42N2S2. The van der Waals surface area contributed by atoms with Gasteiger partial charge in [-0.25, -0.2) is 0 Å². The van der Waals surface area contributed by atoms with Gasteiger partial charge in [0.05, 0.1) is 11.4 Å². The lowest BCUT2D eigenvalue weighted by molar-refractivity contribution is 1.29. The largest absolute Gasteiger partial charge is 0.309 e. The topological polar surface area (TPSA) is 6.48 Å². The molecule has 11 aromatic rings. The molecule has 2 aromatic heterocycles. The van der Waals surface area contributed by atoms with Gasteiger partial charge in [-0.3, -0.25) is 0 Å². The lowest BCUT2D eigenvalue weighted by Crippen LogP contribution is -2.14. The Labute approximate surface area is 364 Å². The highest BCUT2D eigenvalue weighted by Gasteiger charge is 2.26. The minimum atomic E-state index is 1.11. The zero-order valence-corrected chi connectivity index (χ0v) is 35.9. The third-order valence-electron chi connectivity index (χ3n) is 11.9. The molecule has 0 bridgehead atoms. The van der Waals surface area contributed by atoms with Crippen LogP contribution in [0.5, 0.6) is 0 Å². The summed E-state index contributed by atoms with van der Waals surface area (Å²) in [6, 6.07) is 63.3. The van der Waals surface area contributed by atoms with E-state index in [-0.39, 0.29) is 0 Å². The quantitative estimate of drug-likeness (QED) is 0.141. The second-order valence-corrected chi connectivity index (χ2v) is 18.0. The van der Waals surface area contributed by atoms with Crippen LogP contribution in [0.15, 0.2) is 183 Å². The molecule has 0 unspecified atom stereocenters. The van der Waals surface area contributed by atoms with Crippen molar-refractivity contribution in [1.82, 2.24) is 0 Å². The third-order valence-corrected chi connectivity index (χ3v) is 14.3. The molecule has 0 amide bonds. The maximum atomic E-state index is 4.18. The van der Waals surface area contributed by atoms with Crippen LogP contribution < -0.4 is 9.80 Å². The van der Waals surface area contributed by atoms with Crippen molar-refractivity contribution in [3.8, 4) is 0 Å². The standard InChI is InChI=1S/C57H42N2S2/c1-5-15-46-48-34-42(26-28-54(48)60-52(46)6-2)58(40-20-13-16-36(3)30-40)56-44-22-9-7-18-38(44)33-51-50(56)32-39-19-8-10-23-45(39)57(51)59(41-21-14-17-37(4)31-41)43-27-29-55-49(35-43)47-24-11-12-25-53(47)61-55/h5-35H,2H2,1,3-4H3/b15-5-. The Morgan fingerprint density at radius 2 is 0.918 bits per heavy atom. The van der Waals surface area contributed by atoms with Crippen molar-refractivity contribution in [3.05, 3.63) is 204 Å². The van der Waals surface area contributed by atoms with Crippen LogP contribution in [0.2, 0.25) is 0 Å². The van der Waals surface area contributed by atoms with Gasteiger partial charge >= 0.3 is 0 Å². The summed E-state index contributed by atoms with van der Waals surface area (Å²) in [6.45, 7) is 10.6. The van der Waals surface area contributed by atoms with E-state index in [4.69, 9.17) is 0 Å². The smallest absolute Gasteiger partial charge is 0.0619 e. The molecule has 0 N–H and O–H groups in total. The van der Waals surface area contributed by atoms with Crippen molar-refractivity contribution >= 4 is 132 Å². The highest BCUT2D eigenvalue weighted by molar-refractivity contribution is 7.25. The van der Waals surface area contributed by atoms with Crippen molar-refractivity contribution in [1.29, 1.82) is 0 Å². The molecular weight excluding hydrogens is 777 g/mol. The molecule has 0 spiro atoms. The second kappa shape index (κ2) is 14.9. The van der Waals surface area contributed by atoms with Crippen molar-refractivity contribution in [2.75, 3.05) is 9.80 Å². The molecule has 292 valence electrons. The molecule has 11 rings (SSSR count). The molecule has 9 aromatic carbocycles. The SMILES string of the molecule is C=Cc1sc2ccc(N(c3cccc(C)c3)c3c4ccccc4cc4c(N(c5cccc(C)c5)c5ccc6sc7ccccc7c6c5)c5ccccc5cc34)cc2c1/C=C\C. The predicted molar refractivity (Wildman–Crippen MR) is 271 cm³/mol. The van der Waals surface area contributed by atoms with Crippen LogP contribution in [0.25, 0.3) is 74.7 Å². The number of hydrogen-bond donors (Lipinski definition) is 0. The molecule has 0 atom stereocenters. The molecule has 2 heterocycles. The summed E-state index contributed by atoms with van der Waals surface area (Å²) in [5.41, 5.74) is 10.4. The Balaban J connectivity index is 1.28. The molecule has 0 saturated carbocycles. The monoisotopic (exact) mass is 818 g/mol. The highest BCUT2D eigenvalue weighted by Crippen LogP contribution is 2.52. The number of nitrogens with zero attached hydrogens (tertiary/aromatic N) is 2. The first kappa shape index (κ1) is 37.1. The lowest BCUT2D eigenvalue weighted by Gasteiger charge is -2.32. The van der Waals surface area contributed by atoms with E-state index in [0.29, 0.717) is 0 Å². The normalized spacial score (nSPS) is 11.9. The van der Waals surface area contributed by atoms with Crippen molar-refractivity contribution < 1.29 is 0 Å².